The van der Waals surface area contributed by atoms with E-state index >= 15 is 0 Å². The zero-order valence-corrected chi connectivity index (χ0v) is 19.5. The van der Waals surface area contributed by atoms with Gasteiger partial charge in [0.1, 0.15) is 12.6 Å². The first kappa shape index (κ1) is 23.6. The van der Waals surface area contributed by atoms with E-state index in [1.807, 2.05) is 48.5 Å². The Morgan fingerprint density at radius 1 is 0.971 bits per heavy atom. The van der Waals surface area contributed by atoms with Crippen molar-refractivity contribution < 1.29 is 24.2 Å². The number of carboxylic acid groups (broad SMARTS) is 1. The van der Waals surface area contributed by atoms with Crippen LogP contribution in [-0.4, -0.2) is 35.7 Å². The summed E-state index contributed by atoms with van der Waals surface area (Å²) in [6, 6.07) is 17.3. The van der Waals surface area contributed by atoms with E-state index in [1.165, 1.54) is 19.1 Å². The van der Waals surface area contributed by atoms with Gasteiger partial charge in [0.05, 0.1) is 21.3 Å². The van der Waals surface area contributed by atoms with Crippen LogP contribution in [0.5, 0.6) is 0 Å². The SMILES string of the molecule is C[C@@H](NC(=O)OCC1c2ccccc2-c2ccccc21)C(=O)Nc1c(Cl)cc(C(=O)O)cc1Cl. The molecular formula is C25H20Cl2N2O5. The molecule has 0 fully saturated rings. The summed E-state index contributed by atoms with van der Waals surface area (Å²) in [7, 11) is 0. The monoisotopic (exact) mass is 498 g/mol. The van der Waals surface area contributed by atoms with Gasteiger partial charge in [0, 0.05) is 5.92 Å². The molecule has 0 radical (unpaired) electrons. The van der Waals surface area contributed by atoms with Crippen LogP contribution < -0.4 is 10.6 Å². The van der Waals surface area contributed by atoms with Crippen molar-refractivity contribution in [2.45, 2.75) is 18.9 Å². The molecule has 0 spiro atoms. The van der Waals surface area contributed by atoms with Crippen molar-refractivity contribution in [1.82, 2.24) is 5.32 Å². The maximum absolute atomic E-state index is 12.5. The second-order valence-corrected chi connectivity index (χ2v) is 8.62. The first-order chi connectivity index (χ1) is 16.3. The zero-order chi connectivity index (χ0) is 24.4. The van der Waals surface area contributed by atoms with Crippen molar-refractivity contribution in [3.05, 3.63) is 87.4 Å². The number of carbonyl (C=O) groups excluding carboxylic acids is 2. The molecule has 0 bridgehead atoms. The number of alkyl carbamates (subject to hydrolysis) is 1. The van der Waals surface area contributed by atoms with E-state index in [9.17, 15) is 14.4 Å². The van der Waals surface area contributed by atoms with E-state index in [1.54, 1.807) is 0 Å². The Morgan fingerprint density at radius 2 is 1.50 bits per heavy atom. The molecule has 9 heteroatoms. The maximum atomic E-state index is 12.5. The van der Waals surface area contributed by atoms with Gasteiger partial charge in [0.25, 0.3) is 0 Å². The largest absolute Gasteiger partial charge is 0.478 e. The van der Waals surface area contributed by atoms with E-state index in [0.29, 0.717) is 0 Å². The normalized spacial score (nSPS) is 12.9. The quantitative estimate of drug-likeness (QED) is 0.412. The molecule has 1 aliphatic rings. The second-order valence-electron chi connectivity index (χ2n) is 7.80. The minimum Gasteiger partial charge on any atom is -0.478 e. The lowest BCUT2D eigenvalue weighted by atomic mass is 9.98. The Labute approximate surface area is 205 Å². The Morgan fingerprint density at radius 3 is 2.03 bits per heavy atom. The molecule has 1 atom stereocenters. The van der Waals surface area contributed by atoms with Crippen LogP contribution in [0.25, 0.3) is 11.1 Å². The van der Waals surface area contributed by atoms with E-state index in [4.69, 9.17) is 33.0 Å². The number of ether oxygens (including phenoxy) is 1. The highest BCUT2D eigenvalue weighted by atomic mass is 35.5. The van der Waals surface area contributed by atoms with Gasteiger partial charge in [0.15, 0.2) is 0 Å². The Balaban J connectivity index is 1.38. The van der Waals surface area contributed by atoms with Gasteiger partial charge in [-0.1, -0.05) is 71.7 Å². The van der Waals surface area contributed by atoms with Crippen LogP contribution in [0.15, 0.2) is 60.7 Å². The highest BCUT2D eigenvalue weighted by molar-refractivity contribution is 6.40. The fourth-order valence-electron chi connectivity index (χ4n) is 3.93. The molecule has 2 amide bonds. The number of hydrogen-bond donors (Lipinski definition) is 3. The molecular weight excluding hydrogens is 479 g/mol. The average molecular weight is 499 g/mol. The summed E-state index contributed by atoms with van der Waals surface area (Å²) < 4.78 is 5.45. The topological polar surface area (TPSA) is 105 Å². The summed E-state index contributed by atoms with van der Waals surface area (Å²) in [5.41, 5.74) is 4.33. The summed E-state index contributed by atoms with van der Waals surface area (Å²) in [4.78, 5) is 36.1. The number of rotatable bonds is 6. The molecule has 34 heavy (non-hydrogen) atoms. The highest BCUT2D eigenvalue weighted by Gasteiger charge is 2.29. The van der Waals surface area contributed by atoms with Crippen LogP contribution >= 0.6 is 23.2 Å². The summed E-state index contributed by atoms with van der Waals surface area (Å²) in [5.74, 6) is -1.90. The third-order valence-corrected chi connectivity index (χ3v) is 6.20. The van der Waals surface area contributed by atoms with Gasteiger partial charge in [-0.05, 0) is 41.3 Å². The minimum atomic E-state index is -1.20. The van der Waals surface area contributed by atoms with Gasteiger partial charge in [0.2, 0.25) is 5.91 Å². The molecule has 3 aromatic carbocycles. The van der Waals surface area contributed by atoms with Crippen molar-refractivity contribution in [2.24, 2.45) is 0 Å². The number of aromatic carboxylic acids is 1. The number of hydrogen-bond acceptors (Lipinski definition) is 4. The lowest BCUT2D eigenvalue weighted by Crippen LogP contribution is -2.42. The number of fused-ring (bicyclic) bond motifs is 3. The fraction of sp³-hybridized carbons (Fsp3) is 0.160. The molecule has 4 rings (SSSR count). The molecule has 1 aliphatic carbocycles. The molecule has 7 nitrogen and oxygen atoms in total. The standard InChI is InChI=1S/C25H20Cl2N2O5/c1-13(23(30)29-22-20(26)10-14(24(31)32)11-21(22)27)28-25(33)34-12-19-17-8-4-2-6-15(17)16-7-3-5-9-18(16)19/h2-11,13,19H,12H2,1H3,(H,28,33)(H,29,30)(H,31,32)/t13-/m1/s1. The van der Waals surface area contributed by atoms with Crippen LogP contribution in [0.4, 0.5) is 10.5 Å². The van der Waals surface area contributed by atoms with Crippen LogP contribution in [-0.2, 0) is 9.53 Å². The van der Waals surface area contributed by atoms with E-state index < -0.39 is 24.0 Å². The predicted molar refractivity (Wildman–Crippen MR) is 130 cm³/mol. The van der Waals surface area contributed by atoms with Crippen molar-refractivity contribution in [1.29, 1.82) is 0 Å². The number of halogens is 2. The summed E-state index contributed by atoms with van der Waals surface area (Å²) in [6.45, 7) is 1.59. The number of nitrogens with one attached hydrogen (secondary N) is 2. The van der Waals surface area contributed by atoms with Gasteiger partial charge in [-0.15, -0.1) is 0 Å². The van der Waals surface area contributed by atoms with Crippen LogP contribution in [0.3, 0.4) is 0 Å². The molecule has 0 aliphatic heterocycles. The van der Waals surface area contributed by atoms with Gasteiger partial charge in [-0.25, -0.2) is 9.59 Å². The van der Waals surface area contributed by atoms with Gasteiger partial charge in [-0.2, -0.15) is 0 Å². The number of benzene rings is 3. The van der Waals surface area contributed by atoms with Crippen LogP contribution in [0, 0.1) is 0 Å². The van der Waals surface area contributed by atoms with E-state index in [2.05, 4.69) is 10.6 Å². The molecule has 0 heterocycles. The van der Waals surface area contributed by atoms with Crippen LogP contribution in [0.1, 0.15) is 34.3 Å². The number of carbonyl (C=O) groups is 3. The van der Waals surface area contributed by atoms with Crippen LogP contribution in [0.2, 0.25) is 10.0 Å². The first-order valence-electron chi connectivity index (χ1n) is 10.4. The average Bonchev–Trinajstić information content (AvgIpc) is 3.13. The Bertz CT molecular complexity index is 1230. The van der Waals surface area contributed by atoms with E-state index in [-0.39, 0.29) is 33.8 Å². The van der Waals surface area contributed by atoms with Crippen molar-refractivity contribution in [2.75, 3.05) is 11.9 Å². The molecule has 0 aromatic heterocycles. The lowest BCUT2D eigenvalue weighted by molar-refractivity contribution is -0.117. The predicted octanol–water partition coefficient (Wildman–Crippen LogP) is 5.56. The summed E-state index contributed by atoms with van der Waals surface area (Å²) in [6.07, 6.45) is -0.747. The zero-order valence-electron chi connectivity index (χ0n) is 18.0. The minimum absolute atomic E-state index is 0.0356. The molecule has 0 saturated heterocycles. The van der Waals surface area contributed by atoms with Gasteiger partial charge in [-0.3, -0.25) is 4.79 Å². The third kappa shape index (κ3) is 4.71. The number of amides is 2. The van der Waals surface area contributed by atoms with Crippen molar-refractivity contribution >= 4 is 46.9 Å². The smallest absolute Gasteiger partial charge is 0.407 e. The summed E-state index contributed by atoms with van der Waals surface area (Å²) in [5, 5.41) is 14.0. The molecule has 0 saturated carbocycles. The Kier molecular flexibility index (Phi) is 6.77. The lowest BCUT2D eigenvalue weighted by Gasteiger charge is -2.18. The molecule has 3 N–H and O–H groups in total. The molecule has 3 aromatic rings. The summed E-state index contributed by atoms with van der Waals surface area (Å²) >= 11 is 12.1. The third-order valence-electron chi connectivity index (χ3n) is 5.61. The number of carboxylic acids is 1. The maximum Gasteiger partial charge on any atom is 0.407 e. The second kappa shape index (κ2) is 9.75. The Hall–Kier alpha value is -3.55. The van der Waals surface area contributed by atoms with E-state index in [0.717, 1.165) is 22.3 Å². The first-order valence-corrected chi connectivity index (χ1v) is 11.2. The number of anilines is 1. The fourth-order valence-corrected chi connectivity index (χ4v) is 4.51. The molecule has 174 valence electrons. The van der Waals surface area contributed by atoms with Gasteiger partial charge < -0.3 is 20.5 Å². The molecule has 0 unspecified atom stereocenters. The highest BCUT2D eigenvalue weighted by Crippen LogP contribution is 2.44. The van der Waals surface area contributed by atoms with Gasteiger partial charge >= 0.3 is 12.1 Å². The van der Waals surface area contributed by atoms with Crippen molar-refractivity contribution in [3.63, 3.8) is 0 Å². The van der Waals surface area contributed by atoms with Crippen molar-refractivity contribution in [3.8, 4) is 11.1 Å².